The van der Waals surface area contributed by atoms with Crippen molar-refractivity contribution >= 4 is 34.0 Å². The molecule has 4 aromatic rings. The molecule has 0 bridgehead atoms. The SMILES string of the molecule is O=C(Cc1csc(NC(=O)c2ccccc2)n1)Nc1ccc2c(c1)Cc1ccccc1-2. The average Bonchev–Trinajstić information content (AvgIpc) is 3.37. The zero-order chi connectivity index (χ0) is 21.2. The largest absolute Gasteiger partial charge is 0.326 e. The van der Waals surface area contributed by atoms with Gasteiger partial charge in [-0.25, -0.2) is 4.98 Å². The summed E-state index contributed by atoms with van der Waals surface area (Å²) >= 11 is 1.31. The highest BCUT2D eigenvalue weighted by molar-refractivity contribution is 7.14. The smallest absolute Gasteiger partial charge is 0.257 e. The first-order valence-electron chi connectivity index (χ1n) is 9.97. The van der Waals surface area contributed by atoms with Crippen LogP contribution in [-0.2, 0) is 17.6 Å². The maximum absolute atomic E-state index is 12.5. The van der Waals surface area contributed by atoms with Crippen molar-refractivity contribution in [2.45, 2.75) is 12.8 Å². The van der Waals surface area contributed by atoms with E-state index in [1.165, 1.54) is 33.6 Å². The first-order valence-corrected chi connectivity index (χ1v) is 10.9. The minimum absolute atomic E-state index is 0.137. The number of hydrogen-bond donors (Lipinski definition) is 2. The molecule has 1 heterocycles. The zero-order valence-corrected chi connectivity index (χ0v) is 17.4. The number of carbonyl (C=O) groups is 2. The molecule has 0 saturated carbocycles. The predicted molar refractivity (Wildman–Crippen MR) is 124 cm³/mol. The molecule has 1 aliphatic carbocycles. The van der Waals surface area contributed by atoms with Crippen molar-refractivity contribution in [2.24, 2.45) is 0 Å². The third-order valence-electron chi connectivity index (χ3n) is 5.23. The summed E-state index contributed by atoms with van der Waals surface area (Å²) in [7, 11) is 0. The number of carbonyl (C=O) groups excluding carboxylic acids is 2. The number of benzene rings is 3. The van der Waals surface area contributed by atoms with Gasteiger partial charge in [-0.2, -0.15) is 0 Å². The summed E-state index contributed by atoms with van der Waals surface area (Å²) in [6, 6.07) is 23.4. The number of nitrogens with one attached hydrogen (secondary N) is 2. The Morgan fingerprint density at radius 1 is 0.871 bits per heavy atom. The molecule has 3 aromatic carbocycles. The number of hydrogen-bond acceptors (Lipinski definition) is 4. The van der Waals surface area contributed by atoms with E-state index in [0.29, 0.717) is 16.4 Å². The van der Waals surface area contributed by atoms with Crippen LogP contribution < -0.4 is 10.6 Å². The van der Waals surface area contributed by atoms with Crippen LogP contribution in [0.1, 0.15) is 27.2 Å². The Morgan fingerprint density at radius 3 is 2.52 bits per heavy atom. The summed E-state index contributed by atoms with van der Waals surface area (Å²) in [5.41, 5.74) is 7.00. The van der Waals surface area contributed by atoms with Crippen LogP contribution in [0.15, 0.2) is 78.2 Å². The summed E-state index contributed by atoms with van der Waals surface area (Å²) in [5, 5.41) is 8.01. The number of anilines is 2. The van der Waals surface area contributed by atoms with Crippen molar-refractivity contribution < 1.29 is 9.59 Å². The monoisotopic (exact) mass is 425 g/mol. The number of aromatic nitrogens is 1. The summed E-state index contributed by atoms with van der Waals surface area (Å²) < 4.78 is 0. The van der Waals surface area contributed by atoms with Crippen LogP contribution in [0, 0.1) is 0 Å². The third kappa shape index (κ3) is 4.11. The molecular formula is C25H19N3O2S. The lowest BCUT2D eigenvalue weighted by Gasteiger charge is -2.07. The first-order chi connectivity index (χ1) is 15.2. The molecule has 0 unspecified atom stereocenters. The lowest BCUT2D eigenvalue weighted by Crippen LogP contribution is -2.15. The van der Waals surface area contributed by atoms with Crippen LogP contribution in [0.25, 0.3) is 11.1 Å². The Balaban J connectivity index is 1.21. The summed E-state index contributed by atoms with van der Waals surface area (Å²) in [5.74, 6) is -0.355. The maximum atomic E-state index is 12.5. The van der Waals surface area contributed by atoms with Gasteiger partial charge in [0.05, 0.1) is 12.1 Å². The van der Waals surface area contributed by atoms with Gasteiger partial charge in [-0.15, -0.1) is 11.3 Å². The van der Waals surface area contributed by atoms with Crippen molar-refractivity contribution in [3.63, 3.8) is 0 Å². The van der Waals surface area contributed by atoms with Gasteiger partial charge >= 0.3 is 0 Å². The Hall–Kier alpha value is -3.77. The van der Waals surface area contributed by atoms with Crippen molar-refractivity contribution in [3.8, 4) is 11.1 Å². The van der Waals surface area contributed by atoms with Gasteiger partial charge in [0.25, 0.3) is 5.91 Å². The van der Waals surface area contributed by atoms with E-state index >= 15 is 0 Å². The van der Waals surface area contributed by atoms with Gasteiger partial charge in [-0.3, -0.25) is 14.9 Å². The van der Waals surface area contributed by atoms with Gasteiger partial charge in [-0.1, -0.05) is 48.5 Å². The second-order valence-corrected chi connectivity index (χ2v) is 8.25. The number of fused-ring (bicyclic) bond motifs is 3. The number of thiazole rings is 1. The van der Waals surface area contributed by atoms with Gasteiger partial charge in [0.15, 0.2) is 5.13 Å². The fourth-order valence-electron chi connectivity index (χ4n) is 3.80. The molecule has 0 saturated heterocycles. The quantitative estimate of drug-likeness (QED) is 0.409. The van der Waals surface area contributed by atoms with E-state index in [9.17, 15) is 9.59 Å². The topological polar surface area (TPSA) is 71.1 Å². The van der Waals surface area contributed by atoms with Crippen molar-refractivity contribution in [1.29, 1.82) is 0 Å². The average molecular weight is 426 g/mol. The standard InChI is InChI=1S/C25H19N3O2S/c29-23(14-20-15-31-25(27-20)28-24(30)16-6-2-1-3-7-16)26-19-10-11-22-18(13-19)12-17-8-4-5-9-21(17)22/h1-11,13,15H,12,14H2,(H,26,29)(H,27,28,30). The normalized spacial score (nSPS) is 11.5. The third-order valence-corrected chi connectivity index (χ3v) is 6.03. The fourth-order valence-corrected chi connectivity index (χ4v) is 4.50. The molecule has 1 aromatic heterocycles. The van der Waals surface area contributed by atoms with Gasteiger partial charge < -0.3 is 5.32 Å². The lowest BCUT2D eigenvalue weighted by atomic mass is 10.1. The van der Waals surface area contributed by atoms with Crippen molar-refractivity contribution in [1.82, 2.24) is 4.98 Å². The molecule has 2 N–H and O–H groups in total. The van der Waals surface area contributed by atoms with Crippen LogP contribution in [0.4, 0.5) is 10.8 Å². The molecule has 152 valence electrons. The highest BCUT2D eigenvalue weighted by atomic mass is 32.1. The zero-order valence-electron chi connectivity index (χ0n) is 16.6. The molecule has 5 nitrogen and oxygen atoms in total. The van der Waals surface area contributed by atoms with E-state index in [1.807, 2.05) is 36.4 Å². The second kappa shape index (κ2) is 8.16. The fraction of sp³-hybridized carbons (Fsp3) is 0.0800. The molecule has 31 heavy (non-hydrogen) atoms. The van der Waals surface area contributed by atoms with Gasteiger partial charge in [0, 0.05) is 16.6 Å². The second-order valence-electron chi connectivity index (χ2n) is 7.39. The molecule has 5 rings (SSSR count). The van der Waals surface area contributed by atoms with Crippen LogP contribution >= 0.6 is 11.3 Å². The molecule has 0 fully saturated rings. The van der Waals surface area contributed by atoms with Crippen molar-refractivity contribution in [3.05, 3.63) is 101 Å². The van der Waals surface area contributed by atoms with E-state index in [1.54, 1.807) is 17.5 Å². The number of amides is 2. The minimum atomic E-state index is -0.218. The number of nitrogens with zero attached hydrogens (tertiary/aromatic N) is 1. The van der Waals surface area contributed by atoms with E-state index in [2.05, 4.69) is 39.9 Å². The van der Waals surface area contributed by atoms with Crippen LogP contribution in [0.2, 0.25) is 0 Å². The van der Waals surface area contributed by atoms with Gasteiger partial charge in [0.1, 0.15) is 0 Å². The van der Waals surface area contributed by atoms with E-state index < -0.39 is 0 Å². The van der Waals surface area contributed by atoms with Crippen LogP contribution in [-0.4, -0.2) is 16.8 Å². The Labute approximate surface area is 183 Å². The predicted octanol–water partition coefficient (Wildman–Crippen LogP) is 5.15. The van der Waals surface area contributed by atoms with Gasteiger partial charge in [0.2, 0.25) is 5.91 Å². The molecule has 1 aliphatic rings. The Morgan fingerprint density at radius 2 is 1.65 bits per heavy atom. The minimum Gasteiger partial charge on any atom is -0.326 e. The lowest BCUT2D eigenvalue weighted by molar-refractivity contribution is -0.115. The Kier molecular flexibility index (Phi) is 5.06. The molecule has 0 atom stereocenters. The van der Waals surface area contributed by atoms with Crippen molar-refractivity contribution in [2.75, 3.05) is 10.6 Å². The summed E-state index contributed by atoms with van der Waals surface area (Å²) in [6.07, 6.45) is 1.03. The maximum Gasteiger partial charge on any atom is 0.257 e. The molecule has 0 radical (unpaired) electrons. The number of rotatable bonds is 5. The molecule has 6 heteroatoms. The van der Waals surface area contributed by atoms with Gasteiger partial charge in [-0.05, 0) is 52.9 Å². The summed E-state index contributed by atoms with van der Waals surface area (Å²) in [6.45, 7) is 0. The molecule has 2 amide bonds. The van der Waals surface area contributed by atoms with Crippen LogP contribution in [0.3, 0.4) is 0 Å². The van der Waals surface area contributed by atoms with E-state index in [0.717, 1.165) is 12.1 Å². The Bertz CT molecular complexity index is 1280. The molecular weight excluding hydrogens is 406 g/mol. The molecule has 0 aliphatic heterocycles. The van der Waals surface area contributed by atoms with E-state index in [-0.39, 0.29) is 18.2 Å². The first kappa shape index (κ1) is 19.2. The highest BCUT2D eigenvalue weighted by Crippen LogP contribution is 2.37. The van der Waals surface area contributed by atoms with Crippen LogP contribution in [0.5, 0.6) is 0 Å². The molecule has 0 spiro atoms. The van der Waals surface area contributed by atoms with E-state index in [4.69, 9.17) is 0 Å². The highest BCUT2D eigenvalue weighted by Gasteiger charge is 2.18. The summed E-state index contributed by atoms with van der Waals surface area (Å²) in [4.78, 5) is 29.1.